The molecule has 1 aliphatic heterocycles. The van der Waals surface area contributed by atoms with Gasteiger partial charge in [-0.25, -0.2) is 0 Å². The van der Waals surface area contributed by atoms with Crippen LogP contribution in [0.15, 0.2) is 28.7 Å². The van der Waals surface area contributed by atoms with Gasteiger partial charge in [-0.05, 0) is 11.1 Å². The highest BCUT2D eigenvalue weighted by Gasteiger charge is 2.22. The first-order valence-electron chi connectivity index (χ1n) is 5.57. The molecule has 5 heteroatoms. The average Bonchev–Trinajstić information content (AvgIpc) is 2.94. The first-order valence-corrected chi connectivity index (χ1v) is 6.10. The van der Waals surface area contributed by atoms with E-state index in [1.807, 2.05) is 0 Å². The van der Waals surface area contributed by atoms with Crippen molar-refractivity contribution in [2.75, 3.05) is 10.8 Å². The van der Waals surface area contributed by atoms with Crippen LogP contribution in [0.1, 0.15) is 17.0 Å². The van der Waals surface area contributed by atoms with Crippen molar-refractivity contribution in [1.29, 1.82) is 0 Å². The second kappa shape index (κ2) is 4.37. The first-order chi connectivity index (χ1) is 8.36. The molecule has 0 radical (unpaired) electrons. The Balaban J connectivity index is 1.79. The summed E-state index contributed by atoms with van der Waals surface area (Å²) in [6.45, 7) is 1.66. The van der Waals surface area contributed by atoms with Gasteiger partial charge in [0.05, 0.1) is 0 Å². The number of rotatable bonds is 3. The zero-order chi connectivity index (χ0) is 11.7. The Morgan fingerprint density at radius 1 is 1.18 bits per heavy atom. The summed E-state index contributed by atoms with van der Waals surface area (Å²) < 4.78 is 5.56. The molecule has 4 nitrogen and oxygen atoms in total. The maximum absolute atomic E-state index is 5.64. The summed E-state index contributed by atoms with van der Waals surface area (Å²) >= 11 is 5.64. The predicted octanol–water partition coefficient (Wildman–Crippen LogP) is 2.37. The first kappa shape index (κ1) is 10.6. The van der Waals surface area contributed by atoms with Gasteiger partial charge in [-0.2, -0.15) is 0 Å². The molecule has 0 fully saturated rings. The molecule has 0 bridgehead atoms. The van der Waals surface area contributed by atoms with E-state index in [1.165, 1.54) is 11.1 Å². The molecule has 2 aromatic rings. The third kappa shape index (κ3) is 2.00. The van der Waals surface area contributed by atoms with E-state index in [4.69, 9.17) is 16.0 Å². The fraction of sp³-hybridized carbons (Fsp3) is 0.333. The lowest BCUT2D eigenvalue weighted by atomic mass is 10.1. The summed E-state index contributed by atoms with van der Waals surface area (Å²) in [5.74, 6) is 1.10. The number of halogens is 1. The number of aromatic nitrogens is 2. The third-order valence-corrected chi connectivity index (χ3v) is 3.06. The van der Waals surface area contributed by atoms with Crippen LogP contribution in [0.5, 0.6) is 0 Å². The van der Waals surface area contributed by atoms with E-state index in [9.17, 15) is 0 Å². The summed E-state index contributed by atoms with van der Waals surface area (Å²) in [5.41, 5.74) is 2.65. The molecule has 1 aliphatic rings. The number of hydrogen-bond donors (Lipinski definition) is 0. The van der Waals surface area contributed by atoms with E-state index in [2.05, 4.69) is 39.4 Å². The molecule has 3 rings (SSSR count). The number of fused-ring (bicyclic) bond motifs is 1. The van der Waals surface area contributed by atoms with E-state index >= 15 is 0 Å². The van der Waals surface area contributed by atoms with Gasteiger partial charge >= 0.3 is 6.01 Å². The summed E-state index contributed by atoms with van der Waals surface area (Å²) in [7, 11) is 0. The van der Waals surface area contributed by atoms with Crippen molar-refractivity contribution in [3.8, 4) is 0 Å². The van der Waals surface area contributed by atoms with Crippen LogP contribution in [0.25, 0.3) is 0 Å². The van der Waals surface area contributed by atoms with Gasteiger partial charge in [-0.15, -0.1) is 16.7 Å². The van der Waals surface area contributed by atoms with Gasteiger partial charge < -0.3 is 9.32 Å². The van der Waals surface area contributed by atoms with Crippen LogP contribution in [-0.2, 0) is 19.5 Å². The molecule has 1 aromatic heterocycles. The normalized spacial score (nSPS) is 14.1. The van der Waals surface area contributed by atoms with Crippen molar-refractivity contribution in [3.05, 3.63) is 41.3 Å². The van der Waals surface area contributed by atoms with Crippen LogP contribution >= 0.6 is 11.6 Å². The molecule has 17 heavy (non-hydrogen) atoms. The average molecular weight is 250 g/mol. The Morgan fingerprint density at radius 3 is 2.53 bits per heavy atom. The second-order valence-corrected chi connectivity index (χ2v) is 4.42. The van der Waals surface area contributed by atoms with Crippen LogP contribution in [0.4, 0.5) is 6.01 Å². The largest absolute Gasteiger partial charge is 0.408 e. The number of anilines is 1. The van der Waals surface area contributed by atoms with Crippen LogP contribution in [0.2, 0.25) is 0 Å². The van der Waals surface area contributed by atoms with Gasteiger partial charge in [0.2, 0.25) is 5.89 Å². The van der Waals surface area contributed by atoms with Gasteiger partial charge in [-0.3, -0.25) is 0 Å². The van der Waals surface area contributed by atoms with Crippen LogP contribution in [-0.4, -0.2) is 16.1 Å². The Bertz CT molecular complexity index is 501. The van der Waals surface area contributed by atoms with E-state index in [0.29, 0.717) is 24.2 Å². The number of hydrogen-bond acceptors (Lipinski definition) is 4. The quantitative estimate of drug-likeness (QED) is 0.784. The molecule has 0 spiro atoms. The van der Waals surface area contributed by atoms with E-state index in [1.54, 1.807) is 0 Å². The summed E-state index contributed by atoms with van der Waals surface area (Å²) in [6, 6.07) is 8.95. The monoisotopic (exact) mass is 249 g/mol. The van der Waals surface area contributed by atoms with Crippen molar-refractivity contribution >= 4 is 17.6 Å². The molecule has 0 saturated heterocycles. The lowest BCUT2D eigenvalue weighted by Gasteiger charge is -2.10. The Hall–Kier alpha value is -1.55. The minimum absolute atomic E-state index is 0.502. The highest BCUT2D eigenvalue weighted by molar-refractivity contribution is 6.17. The van der Waals surface area contributed by atoms with Gasteiger partial charge in [0.15, 0.2) is 0 Å². The minimum atomic E-state index is 0.502. The molecule has 0 saturated carbocycles. The number of nitrogens with zero attached hydrogens (tertiary/aromatic N) is 3. The van der Waals surface area contributed by atoms with Gasteiger partial charge in [0.1, 0.15) is 0 Å². The molecule has 1 aromatic carbocycles. The lowest BCUT2D eigenvalue weighted by Crippen LogP contribution is -2.14. The lowest BCUT2D eigenvalue weighted by molar-refractivity contribution is 0.490. The van der Waals surface area contributed by atoms with Crippen LogP contribution < -0.4 is 4.90 Å². The molecular weight excluding hydrogens is 238 g/mol. The minimum Gasteiger partial charge on any atom is -0.408 e. The second-order valence-electron chi connectivity index (χ2n) is 4.04. The molecule has 2 heterocycles. The van der Waals surface area contributed by atoms with E-state index < -0.39 is 0 Å². The Morgan fingerprint density at radius 2 is 1.88 bits per heavy atom. The molecule has 0 atom stereocenters. The van der Waals surface area contributed by atoms with Crippen molar-refractivity contribution < 1.29 is 4.42 Å². The van der Waals surface area contributed by atoms with Crippen LogP contribution in [0, 0.1) is 0 Å². The highest BCUT2D eigenvalue weighted by atomic mass is 35.5. The van der Waals surface area contributed by atoms with E-state index in [0.717, 1.165) is 13.1 Å². The number of aryl methyl sites for hydroxylation is 1. The number of alkyl halides is 1. The molecule has 0 N–H and O–H groups in total. The highest BCUT2D eigenvalue weighted by Crippen LogP contribution is 2.26. The predicted molar refractivity (Wildman–Crippen MR) is 65.1 cm³/mol. The fourth-order valence-electron chi connectivity index (χ4n) is 2.02. The van der Waals surface area contributed by atoms with Crippen molar-refractivity contribution in [2.45, 2.75) is 19.5 Å². The summed E-state index contributed by atoms with van der Waals surface area (Å²) in [5, 5.41) is 8.02. The van der Waals surface area contributed by atoms with Gasteiger partial charge in [0, 0.05) is 25.4 Å². The van der Waals surface area contributed by atoms with Gasteiger partial charge in [-0.1, -0.05) is 29.4 Å². The molecular formula is C12H12ClN3O. The smallest absolute Gasteiger partial charge is 0.318 e. The van der Waals surface area contributed by atoms with Crippen molar-refractivity contribution in [3.63, 3.8) is 0 Å². The number of benzene rings is 1. The summed E-state index contributed by atoms with van der Waals surface area (Å²) in [6.07, 6.45) is 0.620. The zero-order valence-corrected chi connectivity index (χ0v) is 10.0. The maximum Gasteiger partial charge on any atom is 0.318 e. The molecule has 0 amide bonds. The van der Waals surface area contributed by atoms with Crippen molar-refractivity contribution in [2.24, 2.45) is 0 Å². The standard InChI is InChI=1S/C12H12ClN3O/c13-6-5-11-14-15-12(17-11)16-7-9-3-1-2-4-10(9)8-16/h1-4H,5-8H2. The van der Waals surface area contributed by atoms with Crippen molar-refractivity contribution in [1.82, 2.24) is 10.2 Å². The SMILES string of the molecule is ClCCc1nnc(N2Cc3ccccc3C2)o1. The fourth-order valence-corrected chi connectivity index (χ4v) is 2.18. The Kier molecular flexibility index (Phi) is 2.73. The third-order valence-electron chi connectivity index (χ3n) is 2.88. The topological polar surface area (TPSA) is 42.2 Å². The summed E-state index contributed by atoms with van der Waals surface area (Å²) in [4.78, 5) is 2.08. The van der Waals surface area contributed by atoms with Gasteiger partial charge in [0.25, 0.3) is 0 Å². The van der Waals surface area contributed by atoms with Crippen LogP contribution in [0.3, 0.4) is 0 Å². The zero-order valence-electron chi connectivity index (χ0n) is 9.27. The maximum atomic E-state index is 5.64. The molecule has 0 aliphatic carbocycles. The Labute approximate surface area is 104 Å². The molecule has 88 valence electrons. The van der Waals surface area contributed by atoms with E-state index in [-0.39, 0.29) is 0 Å². The molecule has 0 unspecified atom stereocenters.